The summed E-state index contributed by atoms with van der Waals surface area (Å²) in [5.41, 5.74) is -1.15. The number of hydrogen-bond acceptors (Lipinski definition) is 3. The van der Waals surface area contributed by atoms with Gasteiger partial charge in [0, 0.05) is 19.7 Å². The lowest BCUT2D eigenvalue weighted by molar-refractivity contribution is -0.149. The van der Waals surface area contributed by atoms with Crippen molar-refractivity contribution in [1.29, 1.82) is 0 Å². The van der Waals surface area contributed by atoms with Gasteiger partial charge < -0.3 is 15.0 Å². The minimum atomic E-state index is -4.61. The first kappa shape index (κ1) is 18.3. The fourth-order valence-electron chi connectivity index (χ4n) is 2.63. The lowest BCUT2D eigenvalue weighted by Crippen LogP contribution is -2.53. The molecule has 8 heteroatoms. The van der Waals surface area contributed by atoms with Crippen molar-refractivity contribution in [1.82, 2.24) is 10.2 Å². The average molecular weight is 344 g/mol. The molecule has 0 aliphatic carbocycles. The normalized spacial score (nSPS) is 18.4. The minimum Gasteiger partial charge on any atom is -0.372 e. The van der Waals surface area contributed by atoms with Crippen LogP contribution >= 0.6 is 0 Å². The summed E-state index contributed by atoms with van der Waals surface area (Å²) < 4.78 is 44.9. The zero-order valence-electron chi connectivity index (χ0n) is 13.2. The first-order valence-corrected chi connectivity index (χ1v) is 7.67. The van der Waals surface area contributed by atoms with Crippen LogP contribution in [0.3, 0.4) is 0 Å². The highest BCUT2D eigenvalue weighted by molar-refractivity contribution is 5.90. The van der Waals surface area contributed by atoms with Crippen LogP contribution in [0.2, 0.25) is 0 Å². The molecule has 1 heterocycles. The number of amides is 2. The fourth-order valence-corrected chi connectivity index (χ4v) is 2.63. The van der Waals surface area contributed by atoms with Crippen molar-refractivity contribution in [3.05, 3.63) is 35.4 Å². The molecule has 1 saturated heterocycles. The number of benzene rings is 1. The van der Waals surface area contributed by atoms with Gasteiger partial charge in [-0.15, -0.1) is 0 Å². The molecule has 0 saturated carbocycles. The molecule has 5 nitrogen and oxygen atoms in total. The first-order chi connectivity index (χ1) is 11.4. The summed E-state index contributed by atoms with van der Waals surface area (Å²) in [6.45, 7) is 2.32. The Morgan fingerprint density at radius 3 is 2.75 bits per heavy atom. The molecule has 1 N–H and O–H groups in total. The Morgan fingerprint density at radius 1 is 1.38 bits per heavy atom. The van der Waals surface area contributed by atoms with Crippen molar-refractivity contribution in [3.63, 3.8) is 0 Å². The Kier molecular flexibility index (Phi) is 5.82. The summed E-state index contributed by atoms with van der Waals surface area (Å²) in [6.07, 6.45) is -3.89. The summed E-state index contributed by atoms with van der Waals surface area (Å²) in [5.74, 6) is -1.12. The highest BCUT2D eigenvalue weighted by Gasteiger charge is 2.41. The van der Waals surface area contributed by atoms with E-state index in [0.717, 1.165) is 11.0 Å². The number of rotatable bonds is 5. The van der Waals surface area contributed by atoms with E-state index in [9.17, 15) is 22.8 Å². The topological polar surface area (TPSA) is 58.6 Å². The third-order valence-corrected chi connectivity index (χ3v) is 3.67. The van der Waals surface area contributed by atoms with E-state index in [1.54, 1.807) is 0 Å². The van der Waals surface area contributed by atoms with Crippen LogP contribution in [-0.2, 0) is 20.5 Å². The summed E-state index contributed by atoms with van der Waals surface area (Å²) >= 11 is 0. The molecule has 1 aliphatic heterocycles. The Hall–Kier alpha value is -2.09. The molecule has 1 aromatic rings. The number of carbonyl (C=O) groups excluding carboxylic acids is 2. The van der Waals surface area contributed by atoms with E-state index in [-0.39, 0.29) is 25.3 Å². The van der Waals surface area contributed by atoms with Gasteiger partial charge in [0.1, 0.15) is 12.6 Å². The van der Waals surface area contributed by atoms with Crippen molar-refractivity contribution >= 4 is 11.8 Å². The molecule has 0 aromatic heterocycles. The van der Waals surface area contributed by atoms with Crippen LogP contribution in [0.4, 0.5) is 13.2 Å². The van der Waals surface area contributed by atoms with Gasteiger partial charge in [-0.3, -0.25) is 9.59 Å². The molecule has 1 aliphatic rings. The van der Waals surface area contributed by atoms with Crippen molar-refractivity contribution in [2.24, 2.45) is 0 Å². The predicted molar refractivity (Wildman–Crippen MR) is 80.0 cm³/mol. The predicted octanol–water partition coefficient (Wildman–Crippen LogP) is 2.13. The van der Waals surface area contributed by atoms with Gasteiger partial charge in [0.25, 0.3) is 0 Å². The summed E-state index contributed by atoms with van der Waals surface area (Å²) in [4.78, 5) is 25.7. The molecule has 2 rings (SSSR count). The molecule has 1 aromatic carbocycles. The molecule has 1 fully saturated rings. The van der Waals surface area contributed by atoms with Crippen molar-refractivity contribution in [2.45, 2.75) is 25.6 Å². The maximum atomic E-state index is 13.2. The highest BCUT2D eigenvalue weighted by atomic mass is 19.4. The Labute approximate surface area is 137 Å². The van der Waals surface area contributed by atoms with Gasteiger partial charge in [-0.25, -0.2) is 0 Å². The second-order valence-corrected chi connectivity index (χ2v) is 5.42. The van der Waals surface area contributed by atoms with Gasteiger partial charge >= 0.3 is 6.18 Å². The quantitative estimate of drug-likeness (QED) is 0.833. The van der Waals surface area contributed by atoms with Crippen molar-refractivity contribution in [2.75, 3.05) is 26.3 Å². The van der Waals surface area contributed by atoms with E-state index in [0.29, 0.717) is 13.0 Å². The van der Waals surface area contributed by atoms with Crippen LogP contribution < -0.4 is 5.32 Å². The molecular formula is C16H19F3N2O3. The van der Waals surface area contributed by atoms with Gasteiger partial charge in [0.05, 0.1) is 5.56 Å². The molecular weight excluding hydrogens is 325 g/mol. The van der Waals surface area contributed by atoms with Gasteiger partial charge in [0.15, 0.2) is 0 Å². The number of nitrogens with zero attached hydrogens (tertiary/aromatic N) is 1. The summed E-state index contributed by atoms with van der Waals surface area (Å²) in [6, 6.07) is 3.50. The van der Waals surface area contributed by atoms with Crippen LogP contribution in [0, 0.1) is 0 Å². The van der Waals surface area contributed by atoms with Crippen LogP contribution in [0.25, 0.3) is 0 Å². The van der Waals surface area contributed by atoms with E-state index in [1.165, 1.54) is 18.2 Å². The Morgan fingerprint density at radius 2 is 2.08 bits per heavy atom. The molecule has 0 radical (unpaired) electrons. The molecule has 1 unspecified atom stereocenters. The number of nitrogens with one attached hydrogen (secondary N) is 1. The second-order valence-electron chi connectivity index (χ2n) is 5.42. The van der Waals surface area contributed by atoms with Crippen LogP contribution in [0.15, 0.2) is 24.3 Å². The second kappa shape index (κ2) is 7.65. The van der Waals surface area contributed by atoms with Crippen LogP contribution in [0.5, 0.6) is 0 Å². The van der Waals surface area contributed by atoms with Gasteiger partial charge in [-0.1, -0.05) is 25.1 Å². The fraction of sp³-hybridized carbons (Fsp3) is 0.500. The lowest BCUT2D eigenvalue weighted by Gasteiger charge is -2.36. The zero-order chi connectivity index (χ0) is 17.7. The smallest absolute Gasteiger partial charge is 0.372 e. The number of halogens is 3. The van der Waals surface area contributed by atoms with E-state index in [1.807, 2.05) is 6.92 Å². The lowest BCUT2D eigenvalue weighted by atomic mass is 9.96. The van der Waals surface area contributed by atoms with E-state index >= 15 is 0 Å². The van der Waals surface area contributed by atoms with Gasteiger partial charge in [0.2, 0.25) is 11.8 Å². The van der Waals surface area contributed by atoms with Crippen LogP contribution in [0.1, 0.15) is 30.5 Å². The SMILES string of the molecule is CCCOCC(=O)N1CCNC(=O)C1c1ccccc1C(F)(F)F. The number of hydrogen-bond donors (Lipinski definition) is 1. The molecule has 24 heavy (non-hydrogen) atoms. The third kappa shape index (κ3) is 4.05. The van der Waals surface area contributed by atoms with Crippen LogP contribution in [-0.4, -0.2) is 43.0 Å². The summed E-state index contributed by atoms with van der Waals surface area (Å²) in [5, 5.41) is 2.52. The number of alkyl halides is 3. The molecule has 0 spiro atoms. The van der Waals surface area contributed by atoms with Gasteiger partial charge in [-0.05, 0) is 18.1 Å². The zero-order valence-corrected chi connectivity index (χ0v) is 13.2. The standard InChI is InChI=1S/C16H19F3N2O3/c1-2-9-24-10-13(22)21-8-7-20-15(23)14(21)11-5-3-4-6-12(11)16(17,18)19/h3-6,14H,2,7-10H2,1H3,(H,20,23). The minimum absolute atomic E-state index is 0.136. The van der Waals surface area contributed by atoms with Gasteiger partial charge in [-0.2, -0.15) is 13.2 Å². The van der Waals surface area contributed by atoms with E-state index in [2.05, 4.69) is 5.32 Å². The molecule has 2 amide bonds. The highest BCUT2D eigenvalue weighted by Crippen LogP contribution is 2.37. The first-order valence-electron chi connectivity index (χ1n) is 7.67. The molecule has 0 bridgehead atoms. The third-order valence-electron chi connectivity index (χ3n) is 3.67. The monoisotopic (exact) mass is 344 g/mol. The van der Waals surface area contributed by atoms with E-state index < -0.39 is 29.6 Å². The Bertz CT molecular complexity index is 604. The average Bonchev–Trinajstić information content (AvgIpc) is 2.54. The van der Waals surface area contributed by atoms with E-state index in [4.69, 9.17) is 4.74 Å². The maximum Gasteiger partial charge on any atom is 0.416 e. The van der Waals surface area contributed by atoms with Crippen molar-refractivity contribution < 1.29 is 27.5 Å². The molecule has 1 atom stereocenters. The number of ether oxygens (including phenoxy) is 1. The number of piperazine rings is 1. The molecule has 132 valence electrons. The summed E-state index contributed by atoms with van der Waals surface area (Å²) in [7, 11) is 0. The largest absolute Gasteiger partial charge is 0.416 e. The van der Waals surface area contributed by atoms with Crippen molar-refractivity contribution in [3.8, 4) is 0 Å². The Balaban J connectivity index is 2.34. The number of carbonyl (C=O) groups is 2. The maximum absolute atomic E-state index is 13.2.